The molecule has 3 N–H and O–H groups in total. The Balaban J connectivity index is 2.40. The molecule has 2 amide bonds. The van der Waals surface area contributed by atoms with E-state index in [4.69, 9.17) is 5.11 Å². The topological polar surface area (TPSA) is 61.4 Å². The Bertz CT molecular complexity index is 507. The summed E-state index contributed by atoms with van der Waals surface area (Å²) in [5.41, 5.74) is -0.0626. The first-order valence-electron chi connectivity index (χ1n) is 7.36. The smallest absolute Gasteiger partial charge is 0.315 e. The van der Waals surface area contributed by atoms with Crippen molar-refractivity contribution in [2.45, 2.75) is 39.7 Å². The molecule has 22 heavy (non-hydrogen) atoms. The molecule has 6 heteroatoms. The van der Waals surface area contributed by atoms with Gasteiger partial charge in [-0.15, -0.1) is 0 Å². The first kappa shape index (κ1) is 18.4. The molecule has 0 spiro atoms. The second-order valence-corrected chi connectivity index (χ2v) is 6.19. The molecular formula is C16H24F2N2O2. The minimum Gasteiger partial charge on any atom is -0.396 e. The van der Waals surface area contributed by atoms with E-state index < -0.39 is 23.7 Å². The summed E-state index contributed by atoms with van der Waals surface area (Å²) >= 11 is 0. The number of aliphatic hydroxyl groups is 1. The average molecular weight is 314 g/mol. The zero-order valence-corrected chi connectivity index (χ0v) is 13.2. The summed E-state index contributed by atoms with van der Waals surface area (Å²) in [5.74, 6) is -1.88. The number of carbonyl (C=O) groups is 1. The number of hydrogen-bond donors (Lipinski definition) is 3. The summed E-state index contributed by atoms with van der Waals surface area (Å²) in [6.45, 7) is 6.03. The van der Waals surface area contributed by atoms with Crippen LogP contribution in [0.5, 0.6) is 0 Å². The van der Waals surface area contributed by atoms with Crippen molar-refractivity contribution in [3.63, 3.8) is 0 Å². The van der Waals surface area contributed by atoms with Crippen LogP contribution in [0.1, 0.15) is 45.2 Å². The Labute approximate surface area is 129 Å². The van der Waals surface area contributed by atoms with Gasteiger partial charge in [-0.3, -0.25) is 0 Å². The van der Waals surface area contributed by atoms with E-state index in [1.807, 2.05) is 13.8 Å². The lowest BCUT2D eigenvalue weighted by atomic mass is 9.89. The van der Waals surface area contributed by atoms with Crippen LogP contribution in [0.2, 0.25) is 0 Å². The minimum absolute atomic E-state index is 0.0923. The predicted molar refractivity (Wildman–Crippen MR) is 81.4 cm³/mol. The minimum atomic E-state index is -0.944. The molecular weight excluding hydrogens is 290 g/mol. The highest BCUT2D eigenvalue weighted by Gasteiger charge is 2.17. The van der Waals surface area contributed by atoms with E-state index in [0.29, 0.717) is 6.54 Å². The molecule has 124 valence electrons. The maximum Gasteiger partial charge on any atom is 0.315 e. The van der Waals surface area contributed by atoms with Crippen molar-refractivity contribution in [2.75, 3.05) is 13.2 Å². The van der Waals surface area contributed by atoms with Gasteiger partial charge in [0.25, 0.3) is 0 Å². The summed E-state index contributed by atoms with van der Waals surface area (Å²) in [7, 11) is 0. The molecule has 0 aliphatic rings. The number of aliphatic hydroxyl groups excluding tert-OH is 1. The zero-order valence-electron chi connectivity index (χ0n) is 13.2. The number of urea groups is 1. The molecule has 0 saturated heterocycles. The first-order chi connectivity index (χ1) is 10.3. The van der Waals surface area contributed by atoms with E-state index in [2.05, 4.69) is 10.6 Å². The van der Waals surface area contributed by atoms with Crippen molar-refractivity contribution >= 4 is 6.03 Å². The molecule has 1 aromatic rings. The molecule has 0 aliphatic heterocycles. The monoisotopic (exact) mass is 314 g/mol. The lowest BCUT2D eigenvalue weighted by Crippen LogP contribution is -2.38. The summed E-state index contributed by atoms with van der Waals surface area (Å²) < 4.78 is 26.8. The summed E-state index contributed by atoms with van der Waals surface area (Å²) in [6.07, 6.45) is 1.50. The van der Waals surface area contributed by atoms with Crippen molar-refractivity contribution in [1.29, 1.82) is 0 Å². The SMILES string of the molecule is CC(NC(=O)NCCCC(C)(C)CO)c1cccc(F)c1F. The van der Waals surface area contributed by atoms with Gasteiger partial charge in [0.15, 0.2) is 11.6 Å². The van der Waals surface area contributed by atoms with Gasteiger partial charge in [-0.05, 0) is 31.2 Å². The number of benzene rings is 1. The van der Waals surface area contributed by atoms with Gasteiger partial charge in [-0.25, -0.2) is 13.6 Å². The fourth-order valence-electron chi connectivity index (χ4n) is 2.03. The zero-order chi connectivity index (χ0) is 16.8. The van der Waals surface area contributed by atoms with Gasteiger partial charge < -0.3 is 15.7 Å². The van der Waals surface area contributed by atoms with E-state index in [-0.39, 0.29) is 17.6 Å². The molecule has 1 unspecified atom stereocenters. The van der Waals surface area contributed by atoms with E-state index in [9.17, 15) is 13.6 Å². The predicted octanol–water partition coefficient (Wildman–Crippen LogP) is 3.12. The van der Waals surface area contributed by atoms with Crippen molar-refractivity contribution in [3.8, 4) is 0 Å². The van der Waals surface area contributed by atoms with Crippen molar-refractivity contribution in [1.82, 2.24) is 10.6 Å². The quantitative estimate of drug-likeness (QED) is 0.677. The van der Waals surface area contributed by atoms with E-state index >= 15 is 0 Å². The highest BCUT2D eigenvalue weighted by atomic mass is 19.2. The molecule has 0 radical (unpaired) electrons. The van der Waals surface area contributed by atoms with E-state index in [1.54, 1.807) is 6.92 Å². The maximum absolute atomic E-state index is 13.6. The van der Waals surface area contributed by atoms with E-state index in [0.717, 1.165) is 18.9 Å². The normalized spacial score (nSPS) is 12.8. The molecule has 0 aliphatic carbocycles. The lowest BCUT2D eigenvalue weighted by Gasteiger charge is -2.21. The van der Waals surface area contributed by atoms with Crippen molar-refractivity contribution in [3.05, 3.63) is 35.4 Å². The Hall–Kier alpha value is -1.69. The third-order valence-corrected chi connectivity index (χ3v) is 3.54. The molecule has 0 bridgehead atoms. The number of rotatable bonds is 7. The van der Waals surface area contributed by atoms with Gasteiger partial charge in [0.2, 0.25) is 0 Å². The Morgan fingerprint density at radius 2 is 2.05 bits per heavy atom. The van der Waals surface area contributed by atoms with Gasteiger partial charge in [0.05, 0.1) is 6.04 Å². The van der Waals surface area contributed by atoms with Gasteiger partial charge in [-0.2, -0.15) is 0 Å². The maximum atomic E-state index is 13.6. The standard InChI is InChI=1S/C16H24F2N2O2/c1-11(12-6-4-7-13(17)14(12)18)20-15(22)19-9-5-8-16(2,3)10-21/h4,6-7,11,21H,5,8-10H2,1-3H3,(H2,19,20,22). The Kier molecular flexibility index (Phi) is 6.74. The Morgan fingerprint density at radius 3 is 2.68 bits per heavy atom. The number of halogens is 2. The highest BCUT2D eigenvalue weighted by molar-refractivity contribution is 5.74. The number of amides is 2. The van der Waals surface area contributed by atoms with Crippen LogP contribution < -0.4 is 10.6 Å². The summed E-state index contributed by atoms with van der Waals surface area (Å²) in [5, 5.41) is 14.4. The second kappa shape index (κ2) is 8.08. The largest absolute Gasteiger partial charge is 0.396 e. The van der Waals surface area contributed by atoms with Crippen molar-refractivity contribution < 1.29 is 18.7 Å². The van der Waals surface area contributed by atoms with Crippen LogP contribution in [0, 0.1) is 17.0 Å². The number of carbonyl (C=O) groups excluding carboxylic acids is 1. The van der Waals surface area contributed by atoms with Crippen LogP contribution in [0.15, 0.2) is 18.2 Å². The van der Waals surface area contributed by atoms with Crippen molar-refractivity contribution in [2.24, 2.45) is 5.41 Å². The fraction of sp³-hybridized carbons (Fsp3) is 0.562. The van der Waals surface area contributed by atoms with Crippen LogP contribution in [-0.2, 0) is 0 Å². The molecule has 0 aromatic heterocycles. The molecule has 0 fully saturated rings. The average Bonchev–Trinajstić information content (AvgIpc) is 2.46. The van der Waals surface area contributed by atoms with Crippen LogP contribution in [0.25, 0.3) is 0 Å². The highest BCUT2D eigenvalue weighted by Crippen LogP contribution is 2.20. The van der Waals surface area contributed by atoms with Crippen LogP contribution in [0.4, 0.5) is 13.6 Å². The van der Waals surface area contributed by atoms with Gasteiger partial charge in [0, 0.05) is 18.7 Å². The number of nitrogens with one attached hydrogen (secondary N) is 2. The summed E-state index contributed by atoms with van der Waals surface area (Å²) in [4.78, 5) is 11.7. The first-order valence-corrected chi connectivity index (χ1v) is 7.36. The third kappa shape index (κ3) is 5.60. The summed E-state index contributed by atoms with van der Waals surface area (Å²) in [6, 6.07) is 2.81. The van der Waals surface area contributed by atoms with Gasteiger partial charge >= 0.3 is 6.03 Å². The third-order valence-electron chi connectivity index (χ3n) is 3.54. The van der Waals surface area contributed by atoms with Gasteiger partial charge in [0.1, 0.15) is 0 Å². The van der Waals surface area contributed by atoms with Crippen LogP contribution in [-0.4, -0.2) is 24.3 Å². The van der Waals surface area contributed by atoms with Gasteiger partial charge in [-0.1, -0.05) is 26.0 Å². The number of hydrogen-bond acceptors (Lipinski definition) is 2. The molecule has 4 nitrogen and oxygen atoms in total. The fourth-order valence-corrected chi connectivity index (χ4v) is 2.03. The molecule has 0 heterocycles. The molecule has 1 atom stereocenters. The molecule has 1 aromatic carbocycles. The second-order valence-electron chi connectivity index (χ2n) is 6.19. The van der Waals surface area contributed by atoms with Crippen LogP contribution in [0.3, 0.4) is 0 Å². The Morgan fingerprint density at radius 1 is 1.36 bits per heavy atom. The molecule has 0 saturated carbocycles. The van der Waals surface area contributed by atoms with E-state index in [1.165, 1.54) is 12.1 Å². The molecule has 1 rings (SSSR count). The van der Waals surface area contributed by atoms with Crippen LogP contribution >= 0.6 is 0 Å². The lowest BCUT2D eigenvalue weighted by molar-refractivity contribution is 0.148.